The standard InChI is InChI=1S/C15H19N3O/c16-13-9-5-4-8-12(13)10-14-17-15(18-19-14)11-6-2-1-3-7-11/h1-3,6-7,12-13H,4-5,8-10,16H2. The van der Waals surface area contributed by atoms with Crippen molar-refractivity contribution in [3.8, 4) is 11.4 Å². The van der Waals surface area contributed by atoms with Gasteiger partial charge >= 0.3 is 0 Å². The summed E-state index contributed by atoms with van der Waals surface area (Å²) in [5.41, 5.74) is 7.15. The van der Waals surface area contributed by atoms with Crippen molar-refractivity contribution in [2.45, 2.75) is 38.1 Å². The molecule has 1 aliphatic carbocycles. The summed E-state index contributed by atoms with van der Waals surface area (Å²) in [6, 6.07) is 10.2. The molecule has 0 saturated heterocycles. The monoisotopic (exact) mass is 257 g/mol. The number of hydrogen-bond donors (Lipinski definition) is 1. The summed E-state index contributed by atoms with van der Waals surface area (Å²) in [4.78, 5) is 4.48. The molecule has 0 aliphatic heterocycles. The summed E-state index contributed by atoms with van der Waals surface area (Å²) in [5, 5.41) is 4.05. The SMILES string of the molecule is NC1CCCCC1Cc1nc(-c2ccccc2)no1. The molecular weight excluding hydrogens is 238 g/mol. The number of hydrogen-bond acceptors (Lipinski definition) is 4. The van der Waals surface area contributed by atoms with Gasteiger partial charge in [-0.05, 0) is 18.8 Å². The fourth-order valence-electron chi connectivity index (χ4n) is 2.76. The second kappa shape index (κ2) is 5.53. The largest absolute Gasteiger partial charge is 0.339 e. The van der Waals surface area contributed by atoms with Gasteiger partial charge in [0.25, 0.3) is 0 Å². The lowest BCUT2D eigenvalue weighted by molar-refractivity contribution is 0.273. The van der Waals surface area contributed by atoms with E-state index in [1.807, 2.05) is 30.3 Å². The van der Waals surface area contributed by atoms with Crippen LogP contribution in [0.15, 0.2) is 34.9 Å². The zero-order valence-corrected chi connectivity index (χ0v) is 11.0. The van der Waals surface area contributed by atoms with Crippen molar-refractivity contribution in [2.24, 2.45) is 11.7 Å². The van der Waals surface area contributed by atoms with E-state index in [9.17, 15) is 0 Å². The number of nitrogens with zero attached hydrogens (tertiary/aromatic N) is 2. The van der Waals surface area contributed by atoms with Gasteiger partial charge in [0.05, 0.1) is 0 Å². The molecule has 4 heteroatoms. The lowest BCUT2D eigenvalue weighted by Crippen LogP contribution is -2.34. The average Bonchev–Trinajstić information content (AvgIpc) is 2.91. The van der Waals surface area contributed by atoms with Gasteiger partial charge in [-0.2, -0.15) is 4.98 Å². The molecular formula is C15H19N3O. The molecule has 0 bridgehead atoms. The minimum atomic E-state index is 0.279. The van der Waals surface area contributed by atoms with Crippen LogP contribution in [0, 0.1) is 5.92 Å². The summed E-state index contributed by atoms with van der Waals surface area (Å²) in [6.45, 7) is 0. The maximum Gasteiger partial charge on any atom is 0.227 e. The van der Waals surface area contributed by atoms with Crippen LogP contribution < -0.4 is 5.73 Å². The third kappa shape index (κ3) is 2.84. The molecule has 1 fully saturated rings. The molecule has 2 unspecified atom stereocenters. The van der Waals surface area contributed by atoms with Crippen LogP contribution >= 0.6 is 0 Å². The van der Waals surface area contributed by atoms with E-state index in [0.29, 0.717) is 17.6 Å². The minimum absolute atomic E-state index is 0.279. The fraction of sp³-hybridized carbons (Fsp3) is 0.467. The van der Waals surface area contributed by atoms with Gasteiger partial charge in [-0.25, -0.2) is 0 Å². The minimum Gasteiger partial charge on any atom is -0.339 e. The van der Waals surface area contributed by atoms with Crippen molar-refractivity contribution >= 4 is 0 Å². The van der Waals surface area contributed by atoms with Crippen molar-refractivity contribution in [2.75, 3.05) is 0 Å². The Hall–Kier alpha value is -1.68. The molecule has 1 aliphatic rings. The van der Waals surface area contributed by atoms with Crippen LogP contribution in [0.4, 0.5) is 0 Å². The Labute approximate surface area is 113 Å². The lowest BCUT2D eigenvalue weighted by Gasteiger charge is -2.27. The highest BCUT2D eigenvalue weighted by Gasteiger charge is 2.24. The third-order valence-electron chi connectivity index (χ3n) is 3.90. The molecule has 1 aromatic heterocycles. The summed E-state index contributed by atoms with van der Waals surface area (Å²) in [5.74, 6) is 1.86. The first-order chi connectivity index (χ1) is 9.33. The maximum atomic E-state index is 6.15. The highest BCUT2D eigenvalue weighted by atomic mass is 16.5. The smallest absolute Gasteiger partial charge is 0.227 e. The molecule has 0 amide bonds. The molecule has 1 saturated carbocycles. The Kier molecular flexibility index (Phi) is 3.60. The Morgan fingerprint density at radius 3 is 2.74 bits per heavy atom. The summed E-state index contributed by atoms with van der Waals surface area (Å²) >= 11 is 0. The number of rotatable bonds is 3. The first-order valence-corrected chi connectivity index (χ1v) is 6.96. The van der Waals surface area contributed by atoms with Gasteiger partial charge in [0.2, 0.25) is 11.7 Å². The predicted octanol–water partition coefficient (Wildman–Crippen LogP) is 2.80. The van der Waals surface area contributed by atoms with Crippen LogP contribution in [0.5, 0.6) is 0 Å². The molecule has 100 valence electrons. The van der Waals surface area contributed by atoms with E-state index < -0.39 is 0 Å². The van der Waals surface area contributed by atoms with Crippen LogP contribution in [0.25, 0.3) is 11.4 Å². The second-order valence-electron chi connectivity index (χ2n) is 5.29. The predicted molar refractivity (Wildman–Crippen MR) is 73.4 cm³/mol. The average molecular weight is 257 g/mol. The first kappa shape index (κ1) is 12.4. The highest BCUT2D eigenvalue weighted by molar-refractivity contribution is 5.53. The van der Waals surface area contributed by atoms with Crippen LogP contribution in [0.1, 0.15) is 31.6 Å². The topological polar surface area (TPSA) is 64.9 Å². The summed E-state index contributed by atoms with van der Waals surface area (Å²) in [7, 11) is 0. The van der Waals surface area contributed by atoms with E-state index in [4.69, 9.17) is 10.3 Å². The molecule has 4 nitrogen and oxygen atoms in total. The normalized spacial score (nSPS) is 23.4. The van der Waals surface area contributed by atoms with Gasteiger partial charge in [-0.1, -0.05) is 48.3 Å². The van der Waals surface area contributed by atoms with E-state index in [-0.39, 0.29) is 6.04 Å². The number of nitrogens with two attached hydrogens (primary N) is 1. The lowest BCUT2D eigenvalue weighted by atomic mass is 9.83. The summed E-state index contributed by atoms with van der Waals surface area (Å²) in [6.07, 6.45) is 5.60. The highest BCUT2D eigenvalue weighted by Crippen LogP contribution is 2.26. The van der Waals surface area contributed by atoms with Gasteiger partial charge < -0.3 is 10.3 Å². The molecule has 2 atom stereocenters. The molecule has 19 heavy (non-hydrogen) atoms. The molecule has 1 aromatic carbocycles. The van der Waals surface area contributed by atoms with Gasteiger partial charge in [0.15, 0.2) is 0 Å². The Morgan fingerprint density at radius 1 is 1.16 bits per heavy atom. The van der Waals surface area contributed by atoms with Gasteiger partial charge in [-0.3, -0.25) is 0 Å². The zero-order chi connectivity index (χ0) is 13.1. The Balaban J connectivity index is 1.71. The third-order valence-corrected chi connectivity index (χ3v) is 3.90. The maximum absolute atomic E-state index is 6.15. The molecule has 0 radical (unpaired) electrons. The van der Waals surface area contributed by atoms with Gasteiger partial charge in [0.1, 0.15) is 0 Å². The Bertz CT molecular complexity index is 523. The van der Waals surface area contributed by atoms with Crippen molar-refractivity contribution in [3.63, 3.8) is 0 Å². The first-order valence-electron chi connectivity index (χ1n) is 6.96. The van der Waals surface area contributed by atoms with E-state index in [1.54, 1.807) is 0 Å². The van der Waals surface area contributed by atoms with E-state index in [1.165, 1.54) is 19.3 Å². The Morgan fingerprint density at radius 2 is 1.95 bits per heavy atom. The zero-order valence-electron chi connectivity index (χ0n) is 11.0. The van der Waals surface area contributed by atoms with Gasteiger partial charge in [-0.15, -0.1) is 0 Å². The van der Waals surface area contributed by atoms with E-state index in [0.717, 1.165) is 18.4 Å². The molecule has 3 rings (SSSR count). The molecule has 0 spiro atoms. The van der Waals surface area contributed by atoms with Crippen LogP contribution in [-0.2, 0) is 6.42 Å². The van der Waals surface area contributed by atoms with E-state index >= 15 is 0 Å². The van der Waals surface area contributed by atoms with Crippen LogP contribution in [0.2, 0.25) is 0 Å². The number of aromatic nitrogens is 2. The van der Waals surface area contributed by atoms with Crippen LogP contribution in [-0.4, -0.2) is 16.2 Å². The molecule has 2 aromatic rings. The van der Waals surface area contributed by atoms with Crippen molar-refractivity contribution < 1.29 is 4.52 Å². The van der Waals surface area contributed by atoms with Gasteiger partial charge in [0, 0.05) is 18.0 Å². The summed E-state index contributed by atoms with van der Waals surface area (Å²) < 4.78 is 5.35. The quantitative estimate of drug-likeness (QED) is 0.918. The van der Waals surface area contributed by atoms with Crippen molar-refractivity contribution in [3.05, 3.63) is 36.2 Å². The van der Waals surface area contributed by atoms with Crippen LogP contribution in [0.3, 0.4) is 0 Å². The van der Waals surface area contributed by atoms with Crippen molar-refractivity contribution in [1.29, 1.82) is 0 Å². The van der Waals surface area contributed by atoms with E-state index in [2.05, 4.69) is 10.1 Å². The fourth-order valence-corrected chi connectivity index (χ4v) is 2.76. The second-order valence-corrected chi connectivity index (χ2v) is 5.29. The van der Waals surface area contributed by atoms with Crippen molar-refractivity contribution in [1.82, 2.24) is 10.1 Å². The number of benzene rings is 1. The molecule has 2 N–H and O–H groups in total. The molecule has 1 heterocycles.